The maximum absolute atomic E-state index is 11.7. The molecule has 4 heteroatoms. The molecule has 0 aliphatic rings. The van der Waals surface area contributed by atoms with Crippen molar-refractivity contribution in [3.05, 3.63) is 35.6 Å². The van der Waals surface area contributed by atoms with Crippen LogP contribution in [-0.2, 0) is 4.74 Å². The van der Waals surface area contributed by atoms with Crippen LogP contribution in [0.25, 0.3) is 11.0 Å². The van der Waals surface area contributed by atoms with E-state index in [4.69, 9.17) is 20.8 Å². The van der Waals surface area contributed by atoms with Gasteiger partial charge in [-0.3, -0.25) is 0 Å². The Morgan fingerprint density at radius 2 is 2.29 bits per heavy atom. The van der Waals surface area contributed by atoms with E-state index in [-0.39, 0.29) is 5.92 Å². The molecule has 0 fully saturated rings. The second-order valence-electron chi connectivity index (χ2n) is 3.95. The van der Waals surface area contributed by atoms with Crippen LogP contribution in [0, 0.1) is 0 Å². The van der Waals surface area contributed by atoms with Crippen molar-refractivity contribution in [3.8, 4) is 0 Å². The third-order valence-electron chi connectivity index (χ3n) is 2.78. The molecule has 0 spiro atoms. The highest BCUT2D eigenvalue weighted by Crippen LogP contribution is 2.27. The molecular formula is C13H13ClO3. The van der Waals surface area contributed by atoms with Gasteiger partial charge in [0.15, 0.2) is 0 Å². The zero-order valence-electron chi connectivity index (χ0n) is 9.70. The molecule has 1 atom stereocenters. The Balaban J connectivity index is 2.62. The topological polar surface area (TPSA) is 39.4 Å². The lowest BCUT2D eigenvalue weighted by Gasteiger charge is -2.10. The number of alkyl halides is 1. The zero-order chi connectivity index (χ0) is 12.4. The normalized spacial score (nSPS) is 12.6. The number of fused-ring (bicyclic) bond motifs is 1. The number of hydrogen-bond acceptors (Lipinski definition) is 3. The number of furan rings is 1. The Kier molecular flexibility index (Phi) is 3.38. The van der Waals surface area contributed by atoms with E-state index in [0.717, 1.165) is 10.9 Å². The lowest BCUT2D eigenvalue weighted by Crippen LogP contribution is -2.04. The highest BCUT2D eigenvalue weighted by Gasteiger charge is 2.16. The SMILES string of the molecule is COC(=O)c1cc(C(C)CCl)cc2ccoc12. The Bertz CT molecular complexity index is 545. The van der Waals surface area contributed by atoms with Crippen LogP contribution in [0.4, 0.5) is 0 Å². The minimum Gasteiger partial charge on any atom is -0.465 e. The highest BCUT2D eigenvalue weighted by atomic mass is 35.5. The first kappa shape index (κ1) is 12.0. The minimum atomic E-state index is -0.395. The zero-order valence-corrected chi connectivity index (χ0v) is 10.5. The average molecular weight is 253 g/mol. The molecule has 2 aromatic rings. The fraction of sp³-hybridized carbons (Fsp3) is 0.308. The first-order chi connectivity index (χ1) is 8.17. The van der Waals surface area contributed by atoms with E-state index in [1.165, 1.54) is 7.11 Å². The summed E-state index contributed by atoms with van der Waals surface area (Å²) in [6, 6.07) is 5.59. The Labute approximate surface area is 104 Å². The molecule has 90 valence electrons. The van der Waals surface area contributed by atoms with Crippen molar-refractivity contribution in [2.24, 2.45) is 0 Å². The monoisotopic (exact) mass is 252 g/mol. The first-order valence-corrected chi connectivity index (χ1v) is 5.86. The second-order valence-corrected chi connectivity index (χ2v) is 4.26. The number of ether oxygens (including phenoxy) is 1. The lowest BCUT2D eigenvalue weighted by molar-refractivity contribution is 0.0601. The van der Waals surface area contributed by atoms with E-state index >= 15 is 0 Å². The number of carbonyl (C=O) groups is 1. The lowest BCUT2D eigenvalue weighted by atomic mass is 9.98. The quantitative estimate of drug-likeness (QED) is 0.619. The van der Waals surface area contributed by atoms with Crippen LogP contribution >= 0.6 is 11.6 Å². The molecule has 1 heterocycles. The molecule has 0 aliphatic carbocycles. The predicted octanol–water partition coefficient (Wildman–Crippen LogP) is 3.56. The van der Waals surface area contributed by atoms with Gasteiger partial charge in [-0.05, 0) is 29.7 Å². The summed E-state index contributed by atoms with van der Waals surface area (Å²) in [6.45, 7) is 2.01. The smallest absolute Gasteiger partial charge is 0.341 e. The number of benzene rings is 1. The molecule has 0 saturated carbocycles. The van der Waals surface area contributed by atoms with Gasteiger partial charge in [-0.1, -0.05) is 6.92 Å². The standard InChI is InChI=1S/C13H13ClO3/c1-8(7-14)10-5-9-3-4-17-12(9)11(6-10)13(15)16-2/h3-6,8H,7H2,1-2H3. The van der Waals surface area contributed by atoms with Crippen LogP contribution in [-0.4, -0.2) is 19.0 Å². The van der Waals surface area contributed by atoms with E-state index in [1.54, 1.807) is 12.3 Å². The molecule has 1 unspecified atom stereocenters. The molecule has 0 N–H and O–H groups in total. The van der Waals surface area contributed by atoms with Crippen molar-refractivity contribution in [1.29, 1.82) is 0 Å². The third kappa shape index (κ3) is 2.15. The van der Waals surface area contributed by atoms with Gasteiger partial charge in [-0.25, -0.2) is 4.79 Å². The second kappa shape index (κ2) is 4.80. The fourth-order valence-electron chi connectivity index (χ4n) is 1.74. The average Bonchev–Trinajstić information content (AvgIpc) is 2.83. The van der Waals surface area contributed by atoms with Gasteiger partial charge in [0.05, 0.1) is 13.4 Å². The summed E-state index contributed by atoms with van der Waals surface area (Å²) >= 11 is 5.84. The van der Waals surface area contributed by atoms with Crippen molar-refractivity contribution in [3.63, 3.8) is 0 Å². The van der Waals surface area contributed by atoms with E-state index in [9.17, 15) is 4.79 Å². The molecule has 0 radical (unpaired) electrons. The highest BCUT2D eigenvalue weighted by molar-refractivity contribution is 6.18. The molecule has 17 heavy (non-hydrogen) atoms. The van der Waals surface area contributed by atoms with Crippen LogP contribution < -0.4 is 0 Å². The molecule has 1 aromatic heterocycles. The van der Waals surface area contributed by atoms with Gasteiger partial charge in [-0.2, -0.15) is 0 Å². The van der Waals surface area contributed by atoms with Crippen LogP contribution in [0.3, 0.4) is 0 Å². The molecule has 0 bridgehead atoms. The Morgan fingerprint density at radius 3 is 2.94 bits per heavy atom. The van der Waals surface area contributed by atoms with Crippen LogP contribution in [0.2, 0.25) is 0 Å². The number of hydrogen-bond donors (Lipinski definition) is 0. The summed E-state index contributed by atoms with van der Waals surface area (Å²) in [5.41, 5.74) is 2.01. The maximum Gasteiger partial charge on any atom is 0.341 e. The Hall–Kier alpha value is -1.48. The van der Waals surface area contributed by atoms with Crippen molar-refractivity contribution >= 4 is 28.5 Å². The van der Waals surface area contributed by atoms with Gasteiger partial charge >= 0.3 is 5.97 Å². The number of esters is 1. The molecule has 2 rings (SSSR count). The van der Waals surface area contributed by atoms with Crippen LogP contribution in [0.5, 0.6) is 0 Å². The van der Waals surface area contributed by atoms with E-state index < -0.39 is 5.97 Å². The largest absolute Gasteiger partial charge is 0.465 e. The summed E-state index contributed by atoms with van der Waals surface area (Å²) in [6.07, 6.45) is 1.56. The van der Waals surface area contributed by atoms with Crippen molar-refractivity contribution in [2.75, 3.05) is 13.0 Å². The maximum atomic E-state index is 11.7. The van der Waals surface area contributed by atoms with E-state index in [2.05, 4.69) is 0 Å². The van der Waals surface area contributed by atoms with Gasteiger partial charge in [0.1, 0.15) is 11.1 Å². The summed E-state index contributed by atoms with van der Waals surface area (Å²) in [5.74, 6) is 0.289. The summed E-state index contributed by atoms with van der Waals surface area (Å²) < 4.78 is 10.1. The van der Waals surface area contributed by atoms with E-state index in [0.29, 0.717) is 17.0 Å². The van der Waals surface area contributed by atoms with Crippen molar-refractivity contribution in [1.82, 2.24) is 0 Å². The number of halogens is 1. The fourth-order valence-corrected chi connectivity index (χ4v) is 1.92. The van der Waals surface area contributed by atoms with Gasteiger partial charge in [0, 0.05) is 11.3 Å². The van der Waals surface area contributed by atoms with Gasteiger partial charge in [0.2, 0.25) is 0 Å². The van der Waals surface area contributed by atoms with Crippen molar-refractivity contribution < 1.29 is 13.9 Å². The van der Waals surface area contributed by atoms with Gasteiger partial charge < -0.3 is 9.15 Å². The van der Waals surface area contributed by atoms with E-state index in [1.807, 2.05) is 19.1 Å². The first-order valence-electron chi connectivity index (χ1n) is 5.32. The molecule has 3 nitrogen and oxygen atoms in total. The van der Waals surface area contributed by atoms with Gasteiger partial charge in [-0.15, -0.1) is 11.6 Å². The Morgan fingerprint density at radius 1 is 1.53 bits per heavy atom. The van der Waals surface area contributed by atoms with Crippen LogP contribution in [0.1, 0.15) is 28.8 Å². The number of carbonyl (C=O) groups excluding carboxylic acids is 1. The summed E-state index contributed by atoms with van der Waals surface area (Å²) in [4.78, 5) is 11.7. The molecule has 0 saturated heterocycles. The molecule has 0 aliphatic heterocycles. The molecule has 1 aromatic carbocycles. The van der Waals surface area contributed by atoms with Crippen LogP contribution in [0.15, 0.2) is 28.9 Å². The number of methoxy groups -OCH3 is 1. The summed E-state index contributed by atoms with van der Waals surface area (Å²) in [5, 5.41) is 0.889. The predicted molar refractivity (Wildman–Crippen MR) is 66.7 cm³/mol. The van der Waals surface area contributed by atoms with Crippen molar-refractivity contribution in [2.45, 2.75) is 12.8 Å². The minimum absolute atomic E-state index is 0.180. The van der Waals surface area contributed by atoms with Gasteiger partial charge in [0.25, 0.3) is 0 Å². The third-order valence-corrected chi connectivity index (χ3v) is 3.24. The molecular weight excluding hydrogens is 240 g/mol. The molecule has 0 amide bonds. The number of rotatable bonds is 3. The summed E-state index contributed by atoms with van der Waals surface area (Å²) in [7, 11) is 1.36.